The van der Waals surface area contributed by atoms with Gasteiger partial charge < -0.3 is 10.6 Å². The van der Waals surface area contributed by atoms with Crippen molar-refractivity contribution in [3.8, 4) is 0 Å². The molecule has 2 nitrogen and oxygen atoms in total. The Morgan fingerprint density at radius 2 is 2.33 bits per heavy atom. The lowest BCUT2D eigenvalue weighted by Crippen LogP contribution is -2.23. The van der Waals surface area contributed by atoms with Crippen LogP contribution in [0.5, 0.6) is 0 Å². The highest BCUT2D eigenvalue weighted by atomic mass is 32.2. The van der Waals surface area contributed by atoms with E-state index in [1.807, 2.05) is 17.8 Å². The average molecular weight is 222 g/mol. The number of nitrogen functional groups attached to an aromatic ring is 1. The first-order chi connectivity index (χ1) is 7.33. The highest BCUT2D eigenvalue weighted by Crippen LogP contribution is 2.31. The highest BCUT2D eigenvalue weighted by molar-refractivity contribution is 7.99. The molecule has 2 N–H and O–H groups in total. The van der Waals surface area contributed by atoms with Crippen molar-refractivity contribution in [1.82, 2.24) is 0 Å². The first kappa shape index (κ1) is 10.7. The highest BCUT2D eigenvalue weighted by Gasteiger charge is 2.19. The first-order valence-electron chi connectivity index (χ1n) is 5.53. The number of rotatable bonds is 4. The molecule has 1 aliphatic rings. The lowest BCUT2D eigenvalue weighted by atomic mass is 10.1. The molecule has 82 valence electrons. The summed E-state index contributed by atoms with van der Waals surface area (Å²) in [4.78, 5) is 2.45. The van der Waals surface area contributed by atoms with E-state index in [1.54, 1.807) is 0 Å². The molecule has 1 heterocycles. The van der Waals surface area contributed by atoms with Crippen LogP contribution in [0.1, 0.15) is 12.5 Å². The summed E-state index contributed by atoms with van der Waals surface area (Å²) >= 11 is 2.00. The smallest absolute Gasteiger partial charge is 0.0420 e. The molecule has 2 rings (SSSR count). The van der Waals surface area contributed by atoms with Gasteiger partial charge in [0.15, 0.2) is 0 Å². The Balaban J connectivity index is 2.05. The van der Waals surface area contributed by atoms with E-state index in [0.717, 1.165) is 25.2 Å². The maximum absolute atomic E-state index is 5.96. The van der Waals surface area contributed by atoms with Crippen LogP contribution in [0.25, 0.3) is 0 Å². The van der Waals surface area contributed by atoms with Gasteiger partial charge in [-0.1, -0.05) is 13.0 Å². The monoisotopic (exact) mass is 222 g/mol. The molecule has 0 bridgehead atoms. The fourth-order valence-electron chi connectivity index (χ4n) is 2.08. The van der Waals surface area contributed by atoms with Gasteiger partial charge >= 0.3 is 0 Å². The van der Waals surface area contributed by atoms with Gasteiger partial charge in [-0.25, -0.2) is 0 Å². The average Bonchev–Trinajstić information content (AvgIpc) is 2.64. The van der Waals surface area contributed by atoms with Crippen molar-refractivity contribution >= 4 is 23.1 Å². The fourth-order valence-corrected chi connectivity index (χ4v) is 2.72. The van der Waals surface area contributed by atoms with Gasteiger partial charge in [0.25, 0.3) is 0 Å². The Kier molecular flexibility index (Phi) is 3.41. The van der Waals surface area contributed by atoms with Gasteiger partial charge in [0.1, 0.15) is 0 Å². The number of thioether (sulfide) groups is 1. The first-order valence-corrected chi connectivity index (χ1v) is 6.68. The molecule has 0 saturated carbocycles. The van der Waals surface area contributed by atoms with Crippen LogP contribution in [0.15, 0.2) is 18.2 Å². The molecule has 1 aromatic rings. The molecule has 15 heavy (non-hydrogen) atoms. The third-order valence-corrected chi connectivity index (χ3v) is 3.75. The zero-order chi connectivity index (χ0) is 10.7. The van der Waals surface area contributed by atoms with Crippen LogP contribution >= 0.6 is 11.8 Å². The van der Waals surface area contributed by atoms with Crippen LogP contribution in [0.2, 0.25) is 0 Å². The number of hydrogen-bond donors (Lipinski definition) is 1. The predicted molar refractivity (Wildman–Crippen MR) is 69.8 cm³/mol. The van der Waals surface area contributed by atoms with Crippen molar-refractivity contribution in [3.05, 3.63) is 23.8 Å². The second-order valence-corrected chi connectivity index (χ2v) is 5.17. The molecule has 0 radical (unpaired) electrons. The molecule has 0 atom stereocenters. The number of nitrogens with zero attached hydrogens (tertiary/aromatic N) is 1. The third-order valence-electron chi connectivity index (χ3n) is 2.87. The molecular formula is C12H18N2S. The lowest BCUT2D eigenvalue weighted by Gasteiger charge is -2.19. The van der Waals surface area contributed by atoms with Gasteiger partial charge in [-0.05, 0) is 24.3 Å². The van der Waals surface area contributed by atoms with Crippen LogP contribution < -0.4 is 10.6 Å². The van der Waals surface area contributed by atoms with Crippen LogP contribution in [0.4, 0.5) is 11.4 Å². The summed E-state index contributed by atoms with van der Waals surface area (Å²) in [5.74, 6) is 2.42. The Labute approximate surface area is 95.8 Å². The molecule has 0 aromatic heterocycles. The quantitative estimate of drug-likeness (QED) is 0.626. The summed E-state index contributed by atoms with van der Waals surface area (Å²) < 4.78 is 0. The summed E-state index contributed by atoms with van der Waals surface area (Å²) in [6.45, 7) is 4.49. The number of anilines is 2. The van der Waals surface area contributed by atoms with Gasteiger partial charge in [-0.3, -0.25) is 0 Å². The molecule has 0 saturated heterocycles. The largest absolute Gasteiger partial charge is 0.398 e. The normalized spacial score (nSPS) is 14.3. The van der Waals surface area contributed by atoms with E-state index in [0.29, 0.717) is 0 Å². The fraction of sp³-hybridized carbons (Fsp3) is 0.500. The summed E-state index contributed by atoms with van der Waals surface area (Å²) in [6, 6.07) is 6.25. The molecule has 0 spiro atoms. The minimum Gasteiger partial charge on any atom is -0.398 e. The Bertz CT molecular complexity index is 338. The maximum atomic E-state index is 5.96. The van der Waals surface area contributed by atoms with E-state index in [-0.39, 0.29) is 0 Å². The van der Waals surface area contributed by atoms with E-state index in [4.69, 9.17) is 5.73 Å². The van der Waals surface area contributed by atoms with E-state index >= 15 is 0 Å². The number of hydrogen-bond acceptors (Lipinski definition) is 3. The number of fused-ring (bicyclic) bond motifs is 1. The SMILES string of the molecule is CCSCCN1CCc2c(N)cccc21. The third kappa shape index (κ3) is 2.23. The van der Waals surface area contributed by atoms with Crippen molar-refractivity contribution in [2.45, 2.75) is 13.3 Å². The molecular weight excluding hydrogens is 204 g/mol. The van der Waals surface area contributed by atoms with E-state index < -0.39 is 0 Å². The minimum atomic E-state index is 0.957. The summed E-state index contributed by atoms with van der Waals surface area (Å²) in [5, 5.41) is 0. The van der Waals surface area contributed by atoms with Crippen LogP contribution in [0.3, 0.4) is 0 Å². The molecule has 0 amide bonds. The maximum Gasteiger partial charge on any atom is 0.0420 e. The van der Waals surface area contributed by atoms with Crippen molar-refractivity contribution in [1.29, 1.82) is 0 Å². The Morgan fingerprint density at radius 1 is 1.47 bits per heavy atom. The number of benzene rings is 1. The summed E-state index contributed by atoms with van der Waals surface area (Å²) in [7, 11) is 0. The van der Waals surface area contributed by atoms with Crippen molar-refractivity contribution in [2.24, 2.45) is 0 Å². The Morgan fingerprint density at radius 3 is 3.13 bits per heavy atom. The molecule has 0 fully saturated rings. The molecule has 0 unspecified atom stereocenters. The topological polar surface area (TPSA) is 29.3 Å². The van der Waals surface area contributed by atoms with E-state index in [9.17, 15) is 0 Å². The van der Waals surface area contributed by atoms with Crippen molar-refractivity contribution in [3.63, 3.8) is 0 Å². The molecule has 1 aliphatic heterocycles. The van der Waals surface area contributed by atoms with Gasteiger partial charge in [0.2, 0.25) is 0 Å². The van der Waals surface area contributed by atoms with Crippen molar-refractivity contribution in [2.75, 3.05) is 35.2 Å². The zero-order valence-corrected chi connectivity index (χ0v) is 10.0. The zero-order valence-electron chi connectivity index (χ0n) is 9.20. The second-order valence-electron chi connectivity index (χ2n) is 3.78. The number of nitrogens with two attached hydrogens (primary N) is 1. The molecule has 1 aromatic carbocycles. The minimum absolute atomic E-state index is 0.957. The Hall–Kier alpha value is -0.830. The van der Waals surface area contributed by atoms with Crippen molar-refractivity contribution < 1.29 is 0 Å². The van der Waals surface area contributed by atoms with Gasteiger partial charge in [-0.2, -0.15) is 11.8 Å². The van der Waals surface area contributed by atoms with Gasteiger partial charge in [0, 0.05) is 35.8 Å². The molecule has 0 aliphatic carbocycles. The van der Waals surface area contributed by atoms with Crippen LogP contribution in [-0.2, 0) is 6.42 Å². The molecule has 3 heteroatoms. The van der Waals surface area contributed by atoms with E-state index in [2.05, 4.69) is 24.0 Å². The summed E-state index contributed by atoms with van der Waals surface area (Å²) in [6.07, 6.45) is 1.11. The lowest BCUT2D eigenvalue weighted by molar-refractivity contribution is 0.874. The van der Waals surface area contributed by atoms with Crippen LogP contribution in [0, 0.1) is 0 Å². The van der Waals surface area contributed by atoms with Crippen LogP contribution in [-0.4, -0.2) is 24.6 Å². The van der Waals surface area contributed by atoms with E-state index in [1.165, 1.54) is 22.8 Å². The van der Waals surface area contributed by atoms with Gasteiger partial charge in [0.05, 0.1) is 0 Å². The van der Waals surface area contributed by atoms with Gasteiger partial charge in [-0.15, -0.1) is 0 Å². The second kappa shape index (κ2) is 4.79. The summed E-state index contributed by atoms with van der Waals surface area (Å²) in [5.41, 5.74) is 9.61. The predicted octanol–water partition coefficient (Wildman–Crippen LogP) is 2.38. The standard InChI is InChI=1S/C12H18N2S/c1-2-15-9-8-14-7-6-10-11(13)4-3-5-12(10)14/h3-5H,2,6-9,13H2,1H3.